The predicted octanol–water partition coefficient (Wildman–Crippen LogP) is 0.226. The number of nitrogens with one attached hydrogen (secondary N) is 2. The number of halogens is 2. The molecule has 36 heavy (non-hydrogen) atoms. The van der Waals surface area contributed by atoms with E-state index in [0.717, 1.165) is 26.1 Å². The number of aliphatic hydroxyl groups excluding tert-OH is 1. The molecule has 1 saturated heterocycles. The number of nitrogens with zero attached hydrogens (tertiary/aromatic N) is 2. The van der Waals surface area contributed by atoms with Crippen LogP contribution in [0.5, 0.6) is 0 Å². The summed E-state index contributed by atoms with van der Waals surface area (Å²) in [5.41, 5.74) is 1.39. The van der Waals surface area contributed by atoms with E-state index in [1.807, 2.05) is 0 Å². The standard InChI is InChI=1S/C19H30F2N5O9P/c1-9(2)34-14(29)11(4)25-36(32,24-10(3)13(27)28)33-8-19(21)15(30)18(5,20)16(35-19)26-7-6-12(22)23-17(26)31/h6-7,9-11,15-16,30H,8H2,1-5H3,(H,27,28)(H2,22,23,31)(H2,24,25,32)/t10-,11-,15-,16+,18+,19+,36?/m0/s1. The average molecular weight is 541 g/mol. The number of aromatic nitrogens is 2. The minimum Gasteiger partial charge on any atom is -0.480 e. The second-order valence-corrected chi connectivity index (χ2v) is 10.6. The maximum Gasteiger partial charge on any atom is 0.351 e. The second-order valence-electron chi connectivity index (χ2n) is 8.70. The summed E-state index contributed by atoms with van der Waals surface area (Å²) in [5, 5.41) is 23.9. The van der Waals surface area contributed by atoms with Crippen molar-refractivity contribution in [2.45, 2.75) is 76.7 Å². The number of aliphatic carboxylic acids is 1. The Morgan fingerprint density at radius 1 is 1.31 bits per heavy atom. The molecular weight excluding hydrogens is 511 g/mol. The molecule has 0 amide bonds. The van der Waals surface area contributed by atoms with Gasteiger partial charge in [-0.2, -0.15) is 4.98 Å². The smallest absolute Gasteiger partial charge is 0.351 e. The summed E-state index contributed by atoms with van der Waals surface area (Å²) in [6.45, 7) is 4.80. The Bertz CT molecular complexity index is 1090. The van der Waals surface area contributed by atoms with Crippen LogP contribution in [0.2, 0.25) is 0 Å². The lowest BCUT2D eigenvalue weighted by molar-refractivity contribution is -0.203. The Kier molecular flexibility index (Phi) is 8.97. The first-order chi connectivity index (χ1) is 16.4. The van der Waals surface area contributed by atoms with Crippen molar-refractivity contribution in [2.75, 3.05) is 12.3 Å². The van der Waals surface area contributed by atoms with E-state index in [4.69, 9.17) is 24.8 Å². The number of carbonyl (C=O) groups is 2. The van der Waals surface area contributed by atoms with Crippen molar-refractivity contribution in [2.24, 2.45) is 0 Å². The van der Waals surface area contributed by atoms with Crippen LogP contribution in [0, 0.1) is 0 Å². The van der Waals surface area contributed by atoms with Crippen LogP contribution in [0.25, 0.3) is 0 Å². The Hall–Kier alpha value is -2.49. The number of nitrogen functional groups attached to an aromatic ring is 1. The lowest BCUT2D eigenvalue weighted by Crippen LogP contribution is -2.48. The number of anilines is 1. The molecule has 0 aliphatic carbocycles. The molecule has 17 heteroatoms. The van der Waals surface area contributed by atoms with Gasteiger partial charge in [0.15, 0.2) is 18.0 Å². The van der Waals surface area contributed by atoms with Crippen molar-refractivity contribution >= 4 is 25.4 Å². The van der Waals surface area contributed by atoms with Crippen LogP contribution in [0.3, 0.4) is 0 Å². The zero-order valence-electron chi connectivity index (χ0n) is 20.2. The highest BCUT2D eigenvalue weighted by Gasteiger charge is 2.65. The van der Waals surface area contributed by atoms with Crippen LogP contribution in [0.1, 0.15) is 40.8 Å². The van der Waals surface area contributed by atoms with Crippen molar-refractivity contribution in [3.63, 3.8) is 0 Å². The van der Waals surface area contributed by atoms with Crippen LogP contribution < -0.4 is 21.6 Å². The summed E-state index contributed by atoms with van der Waals surface area (Å²) in [6.07, 6.45) is -4.14. The third-order valence-corrected chi connectivity index (χ3v) is 7.03. The van der Waals surface area contributed by atoms with E-state index in [1.54, 1.807) is 13.8 Å². The topological polar surface area (TPSA) is 204 Å². The number of ether oxygens (including phenoxy) is 2. The van der Waals surface area contributed by atoms with Crippen molar-refractivity contribution in [3.8, 4) is 0 Å². The van der Waals surface area contributed by atoms with E-state index in [1.165, 1.54) is 6.92 Å². The van der Waals surface area contributed by atoms with E-state index >= 15 is 8.78 Å². The molecule has 0 bridgehead atoms. The summed E-state index contributed by atoms with van der Waals surface area (Å²) in [5.74, 6) is -5.91. The Balaban J connectivity index is 2.30. The van der Waals surface area contributed by atoms with Gasteiger partial charge in [0.2, 0.25) is 0 Å². The second kappa shape index (κ2) is 10.9. The van der Waals surface area contributed by atoms with Gasteiger partial charge in [0, 0.05) is 6.20 Å². The molecule has 1 aliphatic heterocycles. The van der Waals surface area contributed by atoms with Gasteiger partial charge in [-0.1, -0.05) is 0 Å². The van der Waals surface area contributed by atoms with Crippen LogP contribution in [-0.4, -0.2) is 74.1 Å². The molecule has 14 nitrogen and oxygen atoms in total. The van der Waals surface area contributed by atoms with Gasteiger partial charge in [-0.05, 0) is 40.7 Å². The molecule has 1 unspecified atom stereocenters. The van der Waals surface area contributed by atoms with Gasteiger partial charge in [0.05, 0.1) is 6.10 Å². The first-order valence-corrected chi connectivity index (χ1v) is 12.4. The molecule has 7 atom stereocenters. The van der Waals surface area contributed by atoms with Gasteiger partial charge in [-0.15, -0.1) is 0 Å². The SMILES string of the molecule is CC(C)OC(=O)[C@H](C)NP(=O)(N[C@@H](C)C(=O)O)OC[C@@]1(F)O[C@@H](n2ccc(N)nc2=O)[C@](C)(F)[C@@H]1O. The molecule has 2 heterocycles. The monoisotopic (exact) mass is 541 g/mol. The molecule has 1 aliphatic rings. The van der Waals surface area contributed by atoms with Gasteiger partial charge in [0.1, 0.15) is 24.5 Å². The van der Waals surface area contributed by atoms with Crippen LogP contribution >= 0.6 is 7.67 Å². The number of hydrogen-bond donors (Lipinski definition) is 5. The number of alkyl halides is 2. The molecule has 0 spiro atoms. The summed E-state index contributed by atoms with van der Waals surface area (Å²) in [7, 11) is -4.59. The highest BCUT2D eigenvalue weighted by molar-refractivity contribution is 7.54. The molecule has 204 valence electrons. The quantitative estimate of drug-likeness (QED) is 0.188. The van der Waals surface area contributed by atoms with E-state index < -0.39 is 73.9 Å². The fraction of sp³-hybridized carbons (Fsp3) is 0.684. The first-order valence-electron chi connectivity index (χ1n) is 10.7. The number of carbonyl (C=O) groups excluding carboxylic acids is 1. The number of rotatable bonds is 11. The fourth-order valence-electron chi connectivity index (χ4n) is 3.21. The number of carboxylic acid groups (broad SMARTS) is 1. The Morgan fingerprint density at radius 3 is 2.42 bits per heavy atom. The summed E-state index contributed by atoms with van der Waals surface area (Å²) >= 11 is 0. The van der Waals surface area contributed by atoms with Gasteiger partial charge < -0.3 is 25.4 Å². The van der Waals surface area contributed by atoms with Crippen LogP contribution in [0.4, 0.5) is 14.6 Å². The van der Waals surface area contributed by atoms with Gasteiger partial charge in [0.25, 0.3) is 5.85 Å². The Morgan fingerprint density at radius 2 is 1.89 bits per heavy atom. The van der Waals surface area contributed by atoms with E-state index in [-0.39, 0.29) is 5.82 Å². The number of carboxylic acids is 1. The van der Waals surface area contributed by atoms with Crippen LogP contribution in [0.15, 0.2) is 17.1 Å². The van der Waals surface area contributed by atoms with Crippen molar-refractivity contribution in [1.29, 1.82) is 0 Å². The average Bonchev–Trinajstić information content (AvgIpc) is 2.92. The molecular formula is C19H30F2N5O9P. The normalized spacial score (nSPS) is 29.5. The molecule has 6 N–H and O–H groups in total. The zero-order valence-corrected chi connectivity index (χ0v) is 21.1. The predicted molar refractivity (Wildman–Crippen MR) is 120 cm³/mol. The maximum absolute atomic E-state index is 15.7. The van der Waals surface area contributed by atoms with E-state index in [2.05, 4.69) is 15.2 Å². The first kappa shape index (κ1) is 29.7. The van der Waals surface area contributed by atoms with E-state index in [9.17, 15) is 24.1 Å². The van der Waals surface area contributed by atoms with Gasteiger partial charge >= 0.3 is 25.3 Å². The zero-order chi connectivity index (χ0) is 27.6. The van der Waals surface area contributed by atoms with Crippen molar-refractivity contribution < 1.29 is 47.1 Å². The van der Waals surface area contributed by atoms with E-state index in [0.29, 0.717) is 4.57 Å². The number of hydrogen-bond acceptors (Lipinski definition) is 10. The fourth-order valence-corrected chi connectivity index (χ4v) is 5.03. The van der Waals surface area contributed by atoms with Gasteiger partial charge in [-0.25, -0.2) is 23.7 Å². The minimum absolute atomic E-state index is 0.194. The lowest BCUT2D eigenvalue weighted by atomic mass is 9.97. The van der Waals surface area contributed by atoms with Crippen LogP contribution in [-0.2, 0) is 28.2 Å². The van der Waals surface area contributed by atoms with Crippen molar-refractivity contribution in [3.05, 3.63) is 22.7 Å². The number of nitrogens with two attached hydrogens (primary N) is 1. The molecule has 2 rings (SSSR count). The maximum atomic E-state index is 15.7. The molecule has 1 fully saturated rings. The largest absolute Gasteiger partial charge is 0.480 e. The molecule has 0 radical (unpaired) electrons. The third kappa shape index (κ3) is 6.63. The number of aliphatic hydroxyl groups is 1. The highest BCUT2D eigenvalue weighted by atomic mass is 31.2. The molecule has 1 aromatic heterocycles. The molecule has 0 aromatic carbocycles. The summed E-state index contributed by atoms with van der Waals surface area (Å²) in [6, 6.07) is -1.72. The summed E-state index contributed by atoms with van der Waals surface area (Å²) < 4.78 is 60.0. The van der Waals surface area contributed by atoms with Crippen molar-refractivity contribution in [1.82, 2.24) is 19.7 Å². The third-order valence-electron chi connectivity index (χ3n) is 5.08. The minimum atomic E-state index is -4.59. The lowest BCUT2D eigenvalue weighted by Gasteiger charge is -2.29. The van der Waals surface area contributed by atoms with Gasteiger partial charge in [-0.3, -0.25) is 23.2 Å². The Labute approximate surface area is 204 Å². The summed E-state index contributed by atoms with van der Waals surface area (Å²) in [4.78, 5) is 38.9. The molecule has 0 saturated carbocycles. The highest BCUT2D eigenvalue weighted by Crippen LogP contribution is 2.49. The molecule has 1 aromatic rings. The number of esters is 1.